The summed E-state index contributed by atoms with van der Waals surface area (Å²) in [7, 11) is 0. The number of imide groups is 1. The summed E-state index contributed by atoms with van der Waals surface area (Å²) in [6.45, 7) is 0. The molecule has 2 amide bonds. The van der Waals surface area contributed by atoms with Gasteiger partial charge in [-0.25, -0.2) is 4.90 Å². The molecule has 4 aromatic rings. The summed E-state index contributed by atoms with van der Waals surface area (Å²) >= 11 is 0. The lowest BCUT2D eigenvalue weighted by molar-refractivity contribution is -0.119. The number of hydrogen-bond acceptors (Lipinski definition) is 2. The predicted octanol–water partition coefficient (Wildman–Crippen LogP) is 4.28. The monoisotopic (exact) mass is 338 g/mol. The van der Waals surface area contributed by atoms with Gasteiger partial charge in [-0.1, -0.05) is 60.7 Å². The Morgan fingerprint density at radius 2 is 1.50 bits per heavy atom. The fourth-order valence-corrected chi connectivity index (χ4v) is 3.59. The summed E-state index contributed by atoms with van der Waals surface area (Å²) in [5, 5.41) is 2.85. The van der Waals surface area contributed by atoms with Gasteiger partial charge in [-0.2, -0.15) is 0 Å². The Morgan fingerprint density at radius 1 is 0.769 bits per heavy atom. The number of carbonyl (C=O) groups is 2. The molecule has 124 valence electrons. The van der Waals surface area contributed by atoms with E-state index in [0.717, 1.165) is 27.2 Å². The fourth-order valence-electron chi connectivity index (χ4n) is 3.59. The van der Waals surface area contributed by atoms with Crippen LogP contribution in [-0.4, -0.2) is 16.8 Å². The molecular weight excluding hydrogens is 324 g/mol. The maximum Gasteiger partial charge on any atom is 0.266 e. The summed E-state index contributed by atoms with van der Waals surface area (Å²) in [5.74, 6) is -0.612. The van der Waals surface area contributed by atoms with E-state index in [1.54, 1.807) is 6.20 Å². The smallest absolute Gasteiger partial charge is 0.266 e. The highest BCUT2D eigenvalue weighted by Gasteiger charge is 2.34. The molecule has 0 radical (unpaired) electrons. The van der Waals surface area contributed by atoms with Crippen LogP contribution in [0.5, 0.6) is 0 Å². The van der Waals surface area contributed by atoms with Crippen LogP contribution in [0.2, 0.25) is 0 Å². The third kappa shape index (κ3) is 2.02. The largest absolute Gasteiger partial charge is 0.359 e. The molecule has 0 saturated carbocycles. The van der Waals surface area contributed by atoms with Crippen LogP contribution in [0.15, 0.2) is 79.0 Å². The van der Waals surface area contributed by atoms with Gasteiger partial charge < -0.3 is 4.98 Å². The summed E-state index contributed by atoms with van der Waals surface area (Å²) < 4.78 is 0. The Morgan fingerprint density at radius 3 is 2.38 bits per heavy atom. The molecule has 4 heteroatoms. The van der Waals surface area contributed by atoms with E-state index in [1.165, 1.54) is 11.0 Å². The molecule has 5 rings (SSSR count). The van der Waals surface area contributed by atoms with Crippen LogP contribution in [0.4, 0.5) is 5.69 Å². The van der Waals surface area contributed by atoms with Gasteiger partial charge in [-0.15, -0.1) is 0 Å². The zero-order chi connectivity index (χ0) is 17.7. The van der Waals surface area contributed by atoms with E-state index in [2.05, 4.69) is 4.98 Å². The average molecular weight is 338 g/mol. The third-order valence-electron chi connectivity index (χ3n) is 4.81. The molecule has 1 aliphatic heterocycles. The zero-order valence-electron chi connectivity index (χ0n) is 13.8. The molecule has 26 heavy (non-hydrogen) atoms. The topological polar surface area (TPSA) is 53.2 Å². The second kappa shape index (κ2) is 5.43. The highest BCUT2D eigenvalue weighted by molar-refractivity contribution is 6.45. The maximum absolute atomic E-state index is 13.1. The SMILES string of the molecule is O=C1C=C(c2cccc3ccccc23)C(=O)N1c1c[nH]c2ccccc12. The second-order valence-electron chi connectivity index (χ2n) is 6.28. The number of amides is 2. The molecule has 0 spiro atoms. The van der Waals surface area contributed by atoms with Crippen molar-refractivity contribution in [2.24, 2.45) is 0 Å². The van der Waals surface area contributed by atoms with Crippen molar-refractivity contribution in [1.29, 1.82) is 0 Å². The van der Waals surface area contributed by atoms with Gasteiger partial charge >= 0.3 is 0 Å². The Balaban J connectivity index is 1.64. The Kier molecular flexibility index (Phi) is 3.06. The Labute approximate surface area is 149 Å². The molecule has 1 aromatic heterocycles. The number of hydrogen-bond donors (Lipinski definition) is 1. The number of anilines is 1. The van der Waals surface area contributed by atoms with Gasteiger partial charge in [0.2, 0.25) is 0 Å². The highest BCUT2D eigenvalue weighted by Crippen LogP contribution is 2.35. The van der Waals surface area contributed by atoms with E-state index >= 15 is 0 Å². The summed E-state index contributed by atoms with van der Waals surface area (Å²) in [6.07, 6.45) is 3.15. The molecule has 0 fully saturated rings. The number of aromatic amines is 1. The van der Waals surface area contributed by atoms with Crippen molar-refractivity contribution in [2.45, 2.75) is 0 Å². The quantitative estimate of drug-likeness (QED) is 0.555. The van der Waals surface area contributed by atoms with Crippen molar-refractivity contribution in [3.05, 3.63) is 84.6 Å². The van der Waals surface area contributed by atoms with E-state index in [9.17, 15) is 9.59 Å². The van der Waals surface area contributed by atoms with E-state index in [0.29, 0.717) is 11.3 Å². The van der Waals surface area contributed by atoms with E-state index in [4.69, 9.17) is 0 Å². The molecule has 0 saturated heterocycles. The summed E-state index contributed by atoms with van der Waals surface area (Å²) in [6, 6.07) is 21.3. The molecule has 1 aliphatic rings. The van der Waals surface area contributed by atoms with Crippen molar-refractivity contribution < 1.29 is 9.59 Å². The average Bonchev–Trinajstić information content (AvgIpc) is 3.22. The fraction of sp³-hybridized carbons (Fsp3) is 0. The minimum atomic E-state index is -0.317. The number of nitrogens with zero attached hydrogens (tertiary/aromatic N) is 1. The number of rotatable bonds is 2. The summed E-state index contributed by atoms with van der Waals surface area (Å²) in [5.41, 5.74) is 2.68. The molecule has 0 bridgehead atoms. The zero-order valence-corrected chi connectivity index (χ0v) is 13.8. The van der Waals surface area contributed by atoms with E-state index in [-0.39, 0.29) is 11.8 Å². The maximum atomic E-state index is 13.1. The van der Waals surface area contributed by atoms with Crippen LogP contribution in [0, 0.1) is 0 Å². The van der Waals surface area contributed by atoms with E-state index < -0.39 is 0 Å². The lowest BCUT2D eigenvalue weighted by Crippen LogP contribution is -2.30. The summed E-state index contributed by atoms with van der Waals surface area (Å²) in [4.78, 5) is 30.2. The second-order valence-corrected chi connectivity index (χ2v) is 6.28. The van der Waals surface area contributed by atoms with Crippen LogP contribution in [-0.2, 0) is 9.59 Å². The Hall–Kier alpha value is -3.66. The van der Waals surface area contributed by atoms with E-state index in [1.807, 2.05) is 66.7 Å². The first-order chi connectivity index (χ1) is 12.7. The normalized spacial score (nSPS) is 14.5. The van der Waals surface area contributed by atoms with Crippen LogP contribution >= 0.6 is 0 Å². The van der Waals surface area contributed by atoms with Crippen LogP contribution in [0.3, 0.4) is 0 Å². The van der Waals surface area contributed by atoms with Gasteiger partial charge in [0.15, 0.2) is 0 Å². The van der Waals surface area contributed by atoms with Crippen molar-refractivity contribution in [3.63, 3.8) is 0 Å². The Bertz CT molecular complexity index is 1230. The van der Waals surface area contributed by atoms with Crippen molar-refractivity contribution >= 4 is 44.8 Å². The number of benzene rings is 3. The number of H-pyrrole nitrogens is 1. The van der Waals surface area contributed by atoms with Gasteiger partial charge in [0.1, 0.15) is 0 Å². The first kappa shape index (κ1) is 14.7. The molecule has 4 nitrogen and oxygen atoms in total. The first-order valence-corrected chi connectivity index (χ1v) is 8.38. The van der Waals surface area contributed by atoms with Crippen LogP contribution in [0.25, 0.3) is 27.2 Å². The number of nitrogens with one attached hydrogen (secondary N) is 1. The lowest BCUT2D eigenvalue weighted by atomic mass is 9.98. The predicted molar refractivity (Wildman–Crippen MR) is 103 cm³/mol. The van der Waals surface area contributed by atoms with Crippen molar-refractivity contribution in [2.75, 3.05) is 4.90 Å². The molecule has 0 aliphatic carbocycles. The van der Waals surface area contributed by atoms with Gasteiger partial charge in [0.05, 0.1) is 11.3 Å². The minimum Gasteiger partial charge on any atom is -0.359 e. The van der Waals surface area contributed by atoms with Crippen LogP contribution in [0.1, 0.15) is 5.56 Å². The molecule has 2 heterocycles. The van der Waals surface area contributed by atoms with Gasteiger partial charge in [-0.3, -0.25) is 9.59 Å². The van der Waals surface area contributed by atoms with Crippen molar-refractivity contribution in [3.8, 4) is 0 Å². The van der Waals surface area contributed by atoms with Gasteiger partial charge in [0.25, 0.3) is 11.8 Å². The number of carbonyl (C=O) groups excluding carboxylic acids is 2. The lowest BCUT2D eigenvalue weighted by Gasteiger charge is -2.14. The van der Waals surface area contributed by atoms with Crippen molar-refractivity contribution in [1.82, 2.24) is 4.98 Å². The third-order valence-corrected chi connectivity index (χ3v) is 4.81. The first-order valence-electron chi connectivity index (χ1n) is 8.38. The number of para-hydroxylation sites is 1. The standard InChI is InChI=1S/C22H14N2O2/c25-21-12-18(16-10-5-7-14-6-1-2-8-15(14)16)22(26)24(21)20-13-23-19-11-4-3-9-17(19)20/h1-13,23H. The van der Waals surface area contributed by atoms with Crippen LogP contribution < -0.4 is 4.90 Å². The number of fused-ring (bicyclic) bond motifs is 2. The van der Waals surface area contributed by atoms with Gasteiger partial charge in [-0.05, 0) is 22.4 Å². The molecule has 0 unspecified atom stereocenters. The number of aromatic nitrogens is 1. The minimum absolute atomic E-state index is 0.295. The molecule has 1 N–H and O–H groups in total. The molecule has 0 atom stereocenters. The molecular formula is C22H14N2O2. The molecule has 3 aromatic carbocycles. The highest BCUT2D eigenvalue weighted by atomic mass is 16.2. The van der Waals surface area contributed by atoms with Gasteiger partial charge in [0, 0.05) is 23.2 Å².